The summed E-state index contributed by atoms with van der Waals surface area (Å²) in [6.07, 6.45) is 0.589. The van der Waals surface area contributed by atoms with Crippen LogP contribution in [0.2, 0.25) is 0 Å². The number of hydrogen-bond acceptors (Lipinski definition) is 6. The van der Waals surface area contributed by atoms with E-state index in [1.165, 1.54) is 14.0 Å². The molecule has 7 nitrogen and oxygen atoms in total. The Hall–Kier alpha value is -1.92. The first-order valence-corrected chi connectivity index (χ1v) is 12.3. The fourth-order valence-corrected chi connectivity index (χ4v) is 4.69. The van der Waals surface area contributed by atoms with E-state index in [9.17, 15) is 14.2 Å². The van der Waals surface area contributed by atoms with Gasteiger partial charge in [-0.05, 0) is 47.7 Å². The van der Waals surface area contributed by atoms with E-state index in [-0.39, 0.29) is 23.7 Å². The molecular formula is C22H29ClNO6P. The molecule has 0 fully saturated rings. The number of carbonyl (C=O) groups is 2. The minimum absolute atomic E-state index is 0.199. The number of aldehydes is 1. The highest BCUT2D eigenvalue weighted by molar-refractivity contribution is 7.83. The summed E-state index contributed by atoms with van der Waals surface area (Å²) in [4.78, 5) is 29.6. The van der Waals surface area contributed by atoms with Gasteiger partial charge in [0, 0.05) is 11.2 Å². The van der Waals surface area contributed by atoms with Gasteiger partial charge in [0.05, 0.1) is 25.7 Å². The van der Waals surface area contributed by atoms with Crippen LogP contribution in [0, 0.1) is 5.41 Å². The summed E-state index contributed by atoms with van der Waals surface area (Å²) >= 11 is 6.23. The molecule has 0 aromatic heterocycles. The van der Waals surface area contributed by atoms with Gasteiger partial charge in [-0.2, -0.15) is 0 Å². The van der Waals surface area contributed by atoms with Crippen LogP contribution in [-0.4, -0.2) is 36.8 Å². The van der Waals surface area contributed by atoms with Gasteiger partial charge in [-0.25, -0.2) is 4.57 Å². The summed E-state index contributed by atoms with van der Waals surface area (Å²) in [7, 11) is 1.36. The third kappa shape index (κ3) is 6.78. The Morgan fingerprint density at radius 1 is 1.16 bits per heavy atom. The molecule has 0 aliphatic heterocycles. The van der Waals surface area contributed by atoms with Crippen LogP contribution < -0.4 is 4.52 Å². The molecule has 3 atom stereocenters. The van der Waals surface area contributed by atoms with Crippen LogP contribution in [0.3, 0.4) is 0 Å². The predicted molar refractivity (Wildman–Crippen MR) is 121 cm³/mol. The van der Waals surface area contributed by atoms with E-state index in [1.807, 2.05) is 39.0 Å². The quantitative estimate of drug-likeness (QED) is 0.201. The molecule has 31 heavy (non-hydrogen) atoms. The van der Waals surface area contributed by atoms with Gasteiger partial charge in [0.25, 0.3) is 0 Å². The Kier molecular flexibility index (Phi) is 8.28. The van der Waals surface area contributed by atoms with Gasteiger partial charge < -0.3 is 14.1 Å². The number of esters is 1. The van der Waals surface area contributed by atoms with Gasteiger partial charge in [-0.3, -0.25) is 9.63 Å². The molecule has 0 radical (unpaired) electrons. The van der Waals surface area contributed by atoms with E-state index in [0.717, 1.165) is 21.2 Å². The Bertz CT molecular complexity index is 990. The molecule has 0 N–H and O–H groups in total. The van der Waals surface area contributed by atoms with E-state index < -0.39 is 18.8 Å². The number of rotatable bonds is 9. The van der Waals surface area contributed by atoms with E-state index >= 15 is 0 Å². The second-order valence-electron chi connectivity index (χ2n) is 8.57. The average Bonchev–Trinajstić information content (AvgIpc) is 2.70. The summed E-state index contributed by atoms with van der Waals surface area (Å²) < 4.78 is 23.5. The zero-order valence-electron chi connectivity index (χ0n) is 18.6. The number of hydroxylamine groups is 1. The normalized spacial score (nSPS) is 15.9. The fraction of sp³-hybridized carbons (Fsp3) is 0.455. The number of carbonyl (C=O) groups excluding carboxylic acids is 2. The van der Waals surface area contributed by atoms with E-state index in [0.29, 0.717) is 6.29 Å². The Morgan fingerprint density at radius 2 is 1.77 bits per heavy atom. The monoisotopic (exact) mass is 469 g/mol. The van der Waals surface area contributed by atoms with Crippen molar-refractivity contribution in [1.82, 2.24) is 4.83 Å². The highest BCUT2D eigenvalue weighted by atomic mass is 35.7. The van der Waals surface area contributed by atoms with Crippen molar-refractivity contribution in [3.63, 3.8) is 0 Å². The Labute approximate surface area is 187 Å². The summed E-state index contributed by atoms with van der Waals surface area (Å²) in [6.45, 7) is 5.30. The van der Waals surface area contributed by atoms with Crippen LogP contribution in [0.4, 0.5) is 0 Å². The molecule has 3 unspecified atom stereocenters. The zero-order chi connectivity index (χ0) is 23.4. The van der Waals surface area contributed by atoms with Gasteiger partial charge in [-0.1, -0.05) is 49.9 Å². The largest absolute Gasteiger partial charge is 0.469 e. The molecule has 2 aromatic rings. The number of methoxy groups -OCH3 is 1. The van der Waals surface area contributed by atoms with E-state index in [2.05, 4.69) is 0 Å². The van der Waals surface area contributed by atoms with Crippen molar-refractivity contribution in [1.29, 1.82) is 0 Å². The molecule has 0 saturated carbocycles. The van der Waals surface area contributed by atoms with E-state index in [4.69, 9.17) is 25.3 Å². The minimum atomic E-state index is -4.01. The SMILES string of the molecule is COC(=O)C(C)c1ccc2cc(OP(=O)(Cl)N(OCC(C)(C)C)C(C)C=O)ccc2c1. The Balaban J connectivity index is 2.28. The third-order valence-corrected chi connectivity index (χ3v) is 6.56. The second kappa shape index (κ2) is 10.1. The van der Waals surface area contributed by atoms with Gasteiger partial charge in [0.1, 0.15) is 12.0 Å². The van der Waals surface area contributed by atoms with Crippen molar-refractivity contribution in [2.24, 2.45) is 5.41 Å². The minimum Gasteiger partial charge on any atom is -0.469 e. The van der Waals surface area contributed by atoms with Gasteiger partial charge >= 0.3 is 12.8 Å². The lowest BCUT2D eigenvalue weighted by molar-refractivity contribution is -0.147. The third-order valence-electron chi connectivity index (χ3n) is 4.52. The highest BCUT2D eigenvalue weighted by Gasteiger charge is 2.37. The molecule has 0 saturated heterocycles. The van der Waals surface area contributed by atoms with Crippen molar-refractivity contribution in [2.45, 2.75) is 46.6 Å². The predicted octanol–water partition coefficient (Wildman–Crippen LogP) is 5.71. The van der Waals surface area contributed by atoms with Gasteiger partial charge in [0.2, 0.25) is 0 Å². The number of nitrogens with zero attached hydrogens (tertiary/aromatic N) is 1. The standard InChI is InChI=1S/C22H29ClNO6P/c1-15(13-25)24(29-14-22(3,4)5)31(23,27)30-20-10-9-18-11-17(7-8-19(18)12-20)16(2)21(26)28-6/h7-13,15-16H,14H2,1-6H3. The zero-order valence-corrected chi connectivity index (χ0v) is 20.3. The summed E-state index contributed by atoms with van der Waals surface area (Å²) in [6, 6.07) is 9.75. The van der Waals surface area contributed by atoms with Crippen LogP contribution in [0.1, 0.15) is 46.1 Å². The molecule has 0 bridgehead atoms. The molecular weight excluding hydrogens is 441 g/mol. The van der Waals surface area contributed by atoms with Gasteiger partial charge in [-0.15, -0.1) is 0 Å². The van der Waals surface area contributed by atoms with Crippen molar-refractivity contribution in [2.75, 3.05) is 13.7 Å². The number of halogens is 1. The number of benzene rings is 2. The molecule has 9 heteroatoms. The maximum Gasteiger partial charge on any atom is 0.435 e. The van der Waals surface area contributed by atoms with Crippen LogP contribution >= 0.6 is 18.1 Å². The van der Waals surface area contributed by atoms with Crippen molar-refractivity contribution in [3.8, 4) is 5.75 Å². The number of fused-ring (bicyclic) bond motifs is 1. The summed E-state index contributed by atoms with van der Waals surface area (Å²) in [5.74, 6) is -0.448. The highest BCUT2D eigenvalue weighted by Crippen LogP contribution is 2.57. The molecule has 0 heterocycles. The van der Waals surface area contributed by atoms with E-state index in [1.54, 1.807) is 25.1 Å². The second-order valence-corrected chi connectivity index (χ2v) is 11.3. The molecule has 2 aromatic carbocycles. The molecule has 0 aliphatic rings. The first-order chi connectivity index (χ1) is 14.4. The van der Waals surface area contributed by atoms with Gasteiger partial charge in [0.15, 0.2) is 0 Å². The van der Waals surface area contributed by atoms with Crippen molar-refractivity contribution >= 4 is 41.1 Å². The lowest BCUT2D eigenvalue weighted by Gasteiger charge is -2.30. The lowest BCUT2D eigenvalue weighted by atomic mass is 9.98. The molecule has 0 spiro atoms. The van der Waals surface area contributed by atoms with Crippen molar-refractivity contribution < 1.29 is 28.3 Å². The summed E-state index contributed by atoms with van der Waals surface area (Å²) in [5.41, 5.74) is 0.581. The first-order valence-electron chi connectivity index (χ1n) is 9.86. The summed E-state index contributed by atoms with van der Waals surface area (Å²) in [5, 5.41) is 1.67. The molecule has 0 aliphatic carbocycles. The molecule has 0 amide bonds. The maximum atomic E-state index is 13.1. The van der Waals surface area contributed by atoms with Crippen LogP contribution in [0.25, 0.3) is 10.8 Å². The fourth-order valence-electron chi connectivity index (χ4n) is 2.77. The molecule has 2 rings (SSSR count). The Morgan fingerprint density at radius 3 is 2.35 bits per heavy atom. The van der Waals surface area contributed by atoms with Crippen molar-refractivity contribution in [3.05, 3.63) is 42.0 Å². The maximum absolute atomic E-state index is 13.1. The van der Waals surface area contributed by atoms with Crippen LogP contribution in [0.15, 0.2) is 36.4 Å². The first kappa shape index (κ1) is 25.3. The number of ether oxygens (including phenoxy) is 1. The number of hydrogen-bond donors (Lipinski definition) is 0. The van der Waals surface area contributed by atoms with Crippen LogP contribution in [0.5, 0.6) is 5.75 Å². The lowest BCUT2D eigenvalue weighted by Crippen LogP contribution is -2.34. The van der Waals surface area contributed by atoms with Crippen LogP contribution in [-0.2, 0) is 23.7 Å². The average molecular weight is 470 g/mol. The topological polar surface area (TPSA) is 82.1 Å². The smallest absolute Gasteiger partial charge is 0.435 e. The molecule has 170 valence electrons.